The number of carbonyl (C=O) groups excluding carboxylic acids is 1. The van der Waals surface area contributed by atoms with E-state index >= 15 is 0 Å². The highest BCUT2D eigenvalue weighted by Gasteiger charge is 2.29. The van der Waals surface area contributed by atoms with E-state index in [2.05, 4.69) is 38.3 Å². The van der Waals surface area contributed by atoms with E-state index in [-0.39, 0.29) is 16.9 Å². The Morgan fingerprint density at radius 1 is 1.30 bits per heavy atom. The van der Waals surface area contributed by atoms with E-state index < -0.39 is 0 Å². The maximum absolute atomic E-state index is 13.1. The van der Waals surface area contributed by atoms with E-state index in [9.17, 15) is 4.79 Å². The minimum Gasteiger partial charge on any atom is -0.351 e. The smallest absolute Gasteiger partial charge is 0.255 e. The number of nitrogens with zero attached hydrogens (tertiary/aromatic N) is 2. The molecule has 2 aromatic rings. The molecule has 0 bridgehead atoms. The predicted octanol–water partition coefficient (Wildman–Crippen LogP) is 4.08. The summed E-state index contributed by atoms with van der Waals surface area (Å²) < 4.78 is 1.84. The van der Waals surface area contributed by atoms with Gasteiger partial charge in [-0.2, -0.15) is 5.10 Å². The first kappa shape index (κ1) is 19.9. The molecule has 146 valence electrons. The monoisotopic (exact) mass is 388 g/mol. The van der Waals surface area contributed by atoms with Crippen LogP contribution in [0.5, 0.6) is 0 Å². The SMILES string of the molecule is CC1(CNC(=O)c2cn(C(C)(C)C)nc2-c2ccccc2Cl)CCNCC1. The minimum absolute atomic E-state index is 0.0971. The molecule has 1 aromatic carbocycles. The zero-order valence-electron chi connectivity index (χ0n) is 16.6. The number of halogens is 1. The molecule has 2 N–H and O–H groups in total. The zero-order chi connectivity index (χ0) is 19.7. The van der Waals surface area contributed by atoms with E-state index in [1.165, 1.54) is 0 Å². The van der Waals surface area contributed by atoms with Gasteiger partial charge < -0.3 is 10.6 Å². The van der Waals surface area contributed by atoms with Gasteiger partial charge in [-0.1, -0.05) is 36.7 Å². The van der Waals surface area contributed by atoms with Gasteiger partial charge in [0.25, 0.3) is 5.91 Å². The summed E-state index contributed by atoms with van der Waals surface area (Å²) >= 11 is 6.39. The van der Waals surface area contributed by atoms with Crippen molar-refractivity contribution in [1.29, 1.82) is 0 Å². The van der Waals surface area contributed by atoms with Gasteiger partial charge in [-0.25, -0.2) is 0 Å². The van der Waals surface area contributed by atoms with Crippen molar-refractivity contribution in [3.63, 3.8) is 0 Å². The summed E-state index contributed by atoms with van der Waals surface area (Å²) in [5, 5.41) is 11.8. The zero-order valence-corrected chi connectivity index (χ0v) is 17.4. The highest BCUT2D eigenvalue weighted by Crippen LogP contribution is 2.31. The lowest BCUT2D eigenvalue weighted by Crippen LogP contribution is -2.42. The Kier molecular flexibility index (Phi) is 5.63. The van der Waals surface area contributed by atoms with Gasteiger partial charge in [-0.05, 0) is 58.2 Å². The second-order valence-corrected chi connectivity index (χ2v) is 9.14. The molecule has 1 aliphatic heterocycles. The van der Waals surface area contributed by atoms with Gasteiger partial charge in [0.1, 0.15) is 5.69 Å². The Morgan fingerprint density at radius 3 is 2.59 bits per heavy atom. The van der Waals surface area contributed by atoms with E-state index in [1.54, 1.807) is 0 Å². The van der Waals surface area contributed by atoms with Crippen LogP contribution in [0, 0.1) is 5.41 Å². The summed E-state index contributed by atoms with van der Waals surface area (Å²) in [6, 6.07) is 7.52. The molecule has 1 saturated heterocycles. The van der Waals surface area contributed by atoms with Crippen LogP contribution in [-0.4, -0.2) is 35.3 Å². The highest BCUT2D eigenvalue weighted by molar-refractivity contribution is 6.33. The molecular weight excluding hydrogens is 360 g/mol. The van der Waals surface area contributed by atoms with Gasteiger partial charge in [0.15, 0.2) is 0 Å². The van der Waals surface area contributed by atoms with Crippen LogP contribution in [0.1, 0.15) is 50.9 Å². The fraction of sp³-hybridized carbons (Fsp3) is 0.524. The summed E-state index contributed by atoms with van der Waals surface area (Å²) in [6.07, 6.45) is 3.95. The summed E-state index contributed by atoms with van der Waals surface area (Å²) in [4.78, 5) is 13.1. The fourth-order valence-corrected chi connectivity index (χ4v) is 3.56. The summed E-state index contributed by atoms with van der Waals surface area (Å²) in [5.41, 5.74) is 1.88. The van der Waals surface area contributed by atoms with Gasteiger partial charge in [-0.15, -0.1) is 0 Å². The first-order valence-electron chi connectivity index (χ1n) is 9.54. The molecule has 0 atom stereocenters. The molecule has 1 aliphatic rings. The largest absolute Gasteiger partial charge is 0.351 e. The van der Waals surface area contributed by atoms with Crippen molar-refractivity contribution >= 4 is 17.5 Å². The number of aromatic nitrogens is 2. The van der Waals surface area contributed by atoms with Gasteiger partial charge in [0, 0.05) is 18.3 Å². The third-order valence-electron chi connectivity index (χ3n) is 5.26. The maximum Gasteiger partial charge on any atom is 0.255 e. The average molecular weight is 389 g/mol. The summed E-state index contributed by atoms with van der Waals surface area (Å²) in [5.74, 6) is -0.0971. The molecule has 1 fully saturated rings. The van der Waals surface area contributed by atoms with Crippen LogP contribution in [0.25, 0.3) is 11.3 Å². The number of carbonyl (C=O) groups is 1. The summed E-state index contributed by atoms with van der Waals surface area (Å²) in [7, 11) is 0. The first-order chi connectivity index (χ1) is 12.7. The number of nitrogens with one attached hydrogen (secondary N) is 2. The van der Waals surface area contributed by atoms with Crippen molar-refractivity contribution in [2.24, 2.45) is 5.41 Å². The number of piperidine rings is 1. The molecule has 27 heavy (non-hydrogen) atoms. The van der Waals surface area contributed by atoms with Crippen LogP contribution in [0.2, 0.25) is 5.02 Å². The lowest BCUT2D eigenvalue weighted by atomic mass is 9.81. The fourth-order valence-electron chi connectivity index (χ4n) is 3.33. The number of hydrogen-bond acceptors (Lipinski definition) is 3. The number of hydrogen-bond donors (Lipinski definition) is 2. The van der Waals surface area contributed by atoms with Crippen LogP contribution in [0.15, 0.2) is 30.5 Å². The Morgan fingerprint density at radius 2 is 1.96 bits per heavy atom. The highest BCUT2D eigenvalue weighted by atomic mass is 35.5. The van der Waals surface area contributed by atoms with Crippen molar-refractivity contribution in [2.45, 2.75) is 46.1 Å². The van der Waals surface area contributed by atoms with Crippen molar-refractivity contribution in [2.75, 3.05) is 19.6 Å². The van der Waals surface area contributed by atoms with Crippen molar-refractivity contribution < 1.29 is 4.79 Å². The van der Waals surface area contributed by atoms with Gasteiger partial charge >= 0.3 is 0 Å². The van der Waals surface area contributed by atoms with E-state index in [1.807, 2.05) is 35.1 Å². The molecule has 0 radical (unpaired) electrons. The average Bonchev–Trinajstić information content (AvgIpc) is 3.06. The van der Waals surface area contributed by atoms with Gasteiger partial charge in [0.2, 0.25) is 0 Å². The lowest BCUT2D eigenvalue weighted by Gasteiger charge is -2.34. The Balaban J connectivity index is 1.90. The number of rotatable bonds is 4. The standard InChI is InChI=1S/C21H29ClN4O/c1-20(2,3)26-13-16(18(25-26)15-7-5-6-8-17(15)22)19(27)24-14-21(4)9-11-23-12-10-21/h5-8,13,23H,9-12,14H2,1-4H3,(H,24,27). The third kappa shape index (κ3) is 4.53. The molecular formula is C21H29ClN4O. The number of benzene rings is 1. The molecule has 5 nitrogen and oxygen atoms in total. The quantitative estimate of drug-likeness (QED) is 0.829. The molecule has 0 aliphatic carbocycles. The maximum atomic E-state index is 13.1. The molecule has 3 rings (SSSR count). The molecule has 0 unspecified atom stereocenters. The van der Waals surface area contributed by atoms with E-state index in [0.29, 0.717) is 22.8 Å². The molecule has 0 saturated carbocycles. The predicted molar refractivity (Wildman–Crippen MR) is 110 cm³/mol. The van der Waals surface area contributed by atoms with E-state index in [4.69, 9.17) is 16.7 Å². The van der Waals surface area contributed by atoms with Gasteiger partial charge in [0.05, 0.1) is 16.1 Å². The molecule has 6 heteroatoms. The number of amides is 1. The topological polar surface area (TPSA) is 59.0 Å². The third-order valence-corrected chi connectivity index (χ3v) is 5.59. The normalized spacial score (nSPS) is 16.9. The second kappa shape index (κ2) is 7.64. The van der Waals surface area contributed by atoms with Crippen molar-refractivity contribution in [3.05, 3.63) is 41.0 Å². The first-order valence-corrected chi connectivity index (χ1v) is 9.91. The van der Waals surface area contributed by atoms with Crippen molar-refractivity contribution in [1.82, 2.24) is 20.4 Å². The van der Waals surface area contributed by atoms with Gasteiger partial charge in [-0.3, -0.25) is 9.48 Å². The second-order valence-electron chi connectivity index (χ2n) is 8.73. The molecule has 0 spiro atoms. The lowest BCUT2D eigenvalue weighted by molar-refractivity contribution is 0.0922. The van der Waals surface area contributed by atoms with Crippen LogP contribution in [0.3, 0.4) is 0 Å². The van der Waals surface area contributed by atoms with E-state index in [0.717, 1.165) is 31.5 Å². The Bertz CT molecular complexity index is 816. The van der Waals surface area contributed by atoms with Crippen LogP contribution in [0.4, 0.5) is 0 Å². The van der Waals surface area contributed by atoms with Crippen LogP contribution >= 0.6 is 11.6 Å². The molecule has 1 amide bonds. The Hall–Kier alpha value is -1.85. The van der Waals surface area contributed by atoms with Crippen LogP contribution < -0.4 is 10.6 Å². The Labute approximate surface area is 166 Å². The molecule has 2 heterocycles. The van der Waals surface area contributed by atoms with Crippen molar-refractivity contribution in [3.8, 4) is 11.3 Å². The minimum atomic E-state index is -0.227. The summed E-state index contributed by atoms with van der Waals surface area (Å²) in [6.45, 7) is 11.1. The van der Waals surface area contributed by atoms with Crippen LogP contribution in [-0.2, 0) is 5.54 Å². The molecule has 1 aromatic heterocycles.